The topological polar surface area (TPSA) is 15.3 Å². The SMILES string of the molecule is C=CCCC(C)NCCN1CCC(C)CC1. The van der Waals surface area contributed by atoms with Gasteiger partial charge in [-0.15, -0.1) is 6.58 Å². The molecule has 0 amide bonds. The summed E-state index contributed by atoms with van der Waals surface area (Å²) in [6.45, 7) is 13.3. The van der Waals surface area contributed by atoms with E-state index < -0.39 is 0 Å². The molecule has 0 aromatic heterocycles. The molecule has 0 bridgehead atoms. The zero-order valence-corrected chi connectivity index (χ0v) is 11.0. The zero-order chi connectivity index (χ0) is 11.8. The van der Waals surface area contributed by atoms with E-state index in [-0.39, 0.29) is 0 Å². The second kappa shape index (κ2) is 7.86. The van der Waals surface area contributed by atoms with Crippen molar-refractivity contribution in [2.45, 2.75) is 45.6 Å². The Bertz CT molecular complexity index is 183. The van der Waals surface area contributed by atoms with Gasteiger partial charge in [0.05, 0.1) is 0 Å². The van der Waals surface area contributed by atoms with Crippen LogP contribution in [0.3, 0.4) is 0 Å². The quantitative estimate of drug-likeness (QED) is 0.669. The highest BCUT2D eigenvalue weighted by Gasteiger charge is 2.14. The van der Waals surface area contributed by atoms with Gasteiger partial charge in [-0.25, -0.2) is 0 Å². The van der Waals surface area contributed by atoms with Crippen molar-refractivity contribution >= 4 is 0 Å². The van der Waals surface area contributed by atoms with E-state index in [2.05, 4.69) is 30.6 Å². The average molecular weight is 224 g/mol. The summed E-state index contributed by atoms with van der Waals surface area (Å²) in [6.07, 6.45) is 7.10. The molecule has 1 heterocycles. The third kappa shape index (κ3) is 5.66. The molecule has 16 heavy (non-hydrogen) atoms. The Labute approximate surface area is 101 Å². The van der Waals surface area contributed by atoms with Crippen LogP contribution < -0.4 is 5.32 Å². The van der Waals surface area contributed by atoms with Crippen LogP contribution in [0.1, 0.15) is 39.5 Å². The van der Waals surface area contributed by atoms with E-state index in [4.69, 9.17) is 0 Å². The van der Waals surface area contributed by atoms with E-state index in [1.165, 1.54) is 38.9 Å². The van der Waals surface area contributed by atoms with Crippen molar-refractivity contribution in [1.82, 2.24) is 10.2 Å². The number of nitrogens with one attached hydrogen (secondary N) is 1. The van der Waals surface area contributed by atoms with Gasteiger partial charge in [-0.2, -0.15) is 0 Å². The van der Waals surface area contributed by atoms with Crippen LogP contribution in [0.4, 0.5) is 0 Å². The Hall–Kier alpha value is -0.340. The van der Waals surface area contributed by atoms with Crippen LogP contribution in [0.15, 0.2) is 12.7 Å². The predicted octanol–water partition coefficient (Wildman–Crippen LogP) is 2.66. The fraction of sp³-hybridized carbons (Fsp3) is 0.857. The number of piperidine rings is 1. The Kier molecular flexibility index (Phi) is 6.74. The van der Waals surface area contributed by atoms with Gasteiger partial charge in [0, 0.05) is 19.1 Å². The highest BCUT2D eigenvalue weighted by Crippen LogP contribution is 2.15. The van der Waals surface area contributed by atoms with Gasteiger partial charge < -0.3 is 10.2 Å². The van der Waals surface area contributed by atoms with Crippen LogP contribution in [0, 0.1) is 5.92 Å². The van der Waals surface area contributed by atoms with Crippen LogP contribution in [0.25, 0.3) is 0 Å². The Morgan fingerprint density at radius 1 is 1.44 bits per heavy atom. The van der Waals surface area contributed by atoms with Gasteiger partial charge in [0.2, 0.25) is 0 Å². The number of hydrogen-bond donors (Lipinski definition) is 1. The van der Waals surface area contributed by atoms with Crippen molar-refractivity contribution in [3.8, 4) is 0 Å². The van der Waals surface area contributed by atoms with Gasteiger partial charge in [-0.3, -0.25) is 0 Å². The lowest BCUT2D eigenvalue weighted by Crippen LogP contribution is -2.39. The maximum absolute atomic E-state index is 3.76. The van der Waals surface area contributed by atoms with E-state index >= 15 is 0 Å². The summed E-state index contributed by atoms with van der Waals surface area (Å²) in [5, 5.41) is 3.59. The lowest BCUT2D eigenvalue weighted by Gasteiger charge is -2.30. The summed E-state index contributed by atoms with van der Waals surface area (Å²) in [7, 11) is 0. The molecule has 0 spiro atoms. The van der Waals surface area contributed by atoms with Crippen LogP contribution in [0.5, 0.6) is 0 Å². The molecule has 94 valence electrons. The minimum Gasteiger partial charge on any atom is -0.313 e. The molecule has 1 unspecified atom stereocenters. The molecule has 2 heteroatoms. The molecular formula is C14H28N2. The highest BCUT2D eigenvalue weighted by atomic mass is 15.1. The molecule has 0 aromatic rings. The Morgan fingerprint density at radius 3 is 2.75 bits per heavy atom. The van der Waals surface area contributed by atoms with Gasteiger partial charge in [0.1, 0.15) is 0 Å². The summed E-state index contributed by atoms with van der Waals surface area (Å²) < 4.78 is 0. The molecule has 0 aliphatic carbocycles. The molecule has 0 aromatic carbocycles. The molecule has 1 aliphatic rings. The third-order valence-corrected chi connectivity index (χ3v) is 3.60. The van der Waals surface area contributed by atoms with Crippen molar-refractivity contribution in [3.63, 3.8) is 0 Å². The minimum atomic E-state index is 0.627. The van der Waals surface area contributed by atoms with E-state index in [9.17, 15) is 0 Å². The van der Waals surface area contributed by atoms with E-state index in [1.807, 2.05) is 6.08 Å². The second-order valence-electron chi connectivity index (χ2n) is 5.25. The van der Waals surface area contributed by atoms with Gasteiger partial charge in [0.15, 0.2) is 0 Å². The zero-order valence-electron chi connectivity index (χ0n) is 11.0. The monoisotopic (exact) mass is 224 g/mol. The van der Waals surface area contributed by atoms with Crippen LogP contribution in [-0.2, 0) is 0 Å². The van der Waals surface area contributed by atoms with Gasteiger partial charge >= 0.3 is 0 Å². The number of allylic oxidation sites excluding steroid dienone is 1. The van der Waals surface area contributed by atoms with Crippen LogP contribution >= 0.6 is 0 Å². The first kappa shape index (κ1) is 13.7. The average Bonchev–Trinajstić information content (AvgIpc) is 2.29. The molecular weight excluding hydrogens is 196 g/mol. The lowest BCUT2D eigenvalue weighted by molar-refractivity contribution is 0.191. The fourth-order valence-corrected chi connectivity index (χ4v) is 2.22. The number of nitrogens with zero attached hydrogens (tertiary/aromatic N) is 1. The minimum absolute atomic E-state index is 0.627. The van der Waals surface area contributed by atoms with E-state index in [0.29, 0.717) is 6.04 Å². The van der Waals surface area contributed by atoms with Crippen molar-refractivity contribution in [1.29, 1.82) is 0 Å². The third-order valence-electron chi connectivity index (χ3n) is 3.60. The maximum atomic E-state index is 3.76. The molecule has 2 nitrogen and oxygen atoms in total. The van der Waals surface area contributed by atoms with Crippen molar-refractivity contribution in [2.75, 3.05) is 26.2 Å². The first-order valence-corrected chi connectivity index (χ1v) is 6.79. The standard InChI is InChI=1S/C14H28N2/c1-4-5-6-14(3)15-9-12-16-10-7-13(2)8-11-16/h4,13-15H,1,5-12H2,2-3H3. The molecule has 1 rings (SSSR count). The predicted molar refractivity (Wildman–Crippen MR) is 71.7 cm³/mol. The normalized spacial score (nSPS) is 20.9. The van der Waals surface area contributed by atoms with E-state index in [1.54, 1.807) is 0 Å². The van der Waals surface area contributed by atoms with Crippen molar-refractivity contribution in [3.05, 3.63) is 12.7 Å². The molecule has 1 atom stereocenters. The fourth-order valence-electron chi connectivity index (χ4n) is 2.22. The molecule has 1 saturated heterocycles. The molecule has 0 radical (unpaired) electrons. The summed E-state index contributed by atoms with van der Waals surface area (Å²) in [6, 6.07) is 0.627. The molecule has 0 saturated carbocycles. The van der Waals surface area contributed by atoms with E-state index in [0.717, 1.165) is 18.9 Å². The number of hydrogen-bond acceptors (Lipinski definition) is 2. The number of rotatable bonds is 7. The molecule has 1 aliphatic heterocycles. The Balaban J connectivity index is 2.00. The van der Waals surface area contributed by atoms with Gasteiger partial charge in [0.25, 0.3) is 0 Å². The second-order valence-corrected chi connectivity index (χ2v) is 5.25. The van der Waals surface area contributed by atoms with Crippen LogP contribution in [0.2, 0.25) is 0 Å². The first-order chi connectivity index (χ1) is 7.72. The van der Waals surface area contributed by atoms with Crippen LogP contribution in [-0.4, -0.2) is 37.1 Å². The molecule has 1 N–H and O–H groups in total. The van der Waals surface area contributed by atoms with Crippen molar-refractivity contribution in [2.24, 2.45) is 5.92 Å². The summed E-state index contributed by atoms with van der Waals surface area (Å²) in [5.74, 6) is 0.940. The van der Waals surface area contributed by atoms with Gasteiger partial charge in [-0.05, 0) is 51.6 Å². The highest BCUT2D eigenvalue weighted by molar-refractivity contribution is 4.73. The molecule has 1 fully saturated rings. The first-order valence-electron chi connectivity index (χ1n) is 6.79. The Morgan fingerprint density at radius 2 is 2.12 bits per heavy atom. The summed E-state index contributed by atoms with van der Waals surface area (Å²) in [5.41, 5.74) is 0. The maximum Gasteiger partial charge on any atom is 0.0107 e. The number of likely N-dealkylation sites (tertiary alicyclic amines) is 1. The lowest BCUT2D eigenvalue weighted by atomic mass is 9.99. The van der Waals surface area contributed by atoms with Gasteiger partial charge in [-0.1, -0.05) is 13.0 Å². The summed E-state index contributed by atoms with van der Waals surface area (Å²) >= 11 is 0. The largest absolute Gasteiger partial charge is 0.313 e. The van der Waals surface area contributed by atoms with Crippen molar-refractivity contribution < 1.29 is 0 Å². The summed E-state index contributed by atoms with van der Waals surface area (Å²) in [4.78, 5) is 2.59. The smallest absolute Gasteiger partial charge is 0.0107 e.